The van der Waals surface area contributed by atoms with Crippen LogP contribution in [0.3, 0.4) is 0 Å². The van der Waals surface area contributed by atoms with Gasteiger partial charge in [-0.25, -0.2) is 0 Å². The Bertz CT molecular complexity index is 515. The molecule has 0 aliphatic carbocycles. The molecule has 2 rings (SSSR count). The van der Waals surface area contributed by atoms with Gasteiger partial charge in [0.25, 0.3) is 5.91 Å². The maximum absolute atomic E-state index is 12.3. The van der Waals surface area contributed by atoms with E-state index in [0.717, 1.165) is 3.57 Å². The molecule has 0 saturated carbocycles. The lowest BCUT2D eigenvalue weighted by Gasteiger charge is -2.30. The summed E-state index contributed by atoms with van der Waals surface area (Å²) in [4.78, 5) is 14.0. The minimum Gasteiger partial charge on any atom is -0.360 e. The Hall–Kier alpha value is -0.840. The van der Waals surface area contributed by atoms with Crippen molar-refractivity contribution in [3.05, 3.63) is 32.4 Å². The lowest BCUT2D eigenvalue weighted by atomic mass is 10.2. The molecule has 0 aromatic heterocycles. The standard InChI is InChI=1S/C12H10ClIN2O2/c13-8-1-2-11(14)10(5-8)12(17)16-3-4-18-9(6-15)7-16/h1-2,5,9H,3-4,7H2. The maximum atomic E-state index is 12.3. The van der Waals surface area contributed by atoms with Crippen LogP contribution in [0.25, 0.3) is 0 Å². The van der Waals surface area contributed by atoms with Crippen molar-refractivity contribution in [2.45, 2.75) is 6.10 Å². The van der Waals surface area contributed by atoms with Crippen molar-refractivity contribution in [3.63, 3.8) is 0 Å². The van der Waals surface area contributed by atoms with Crippen LogP contribution in [0.5, 0.6) is 0 Å². The zero-order valence-corrected chi connectivity index (χ0v) is 12.3. The van der Waals surface area contributed by atoms with Gasteiger partial charge in [0.15, 0.2) is 6.10 Å². The van der Waals surface area contributed by atoms with Crippen LogP contribution in [-0.2, 0) is 4.74 Å². The van der Waals surface area contributed by atoms with Crippen LogP contribution in [0.1, 0.15) is 10.4 Å². The topological polar surface area (TPSA) is 53.3 Å². The van der Waals surface area contributed by atoms with E-state index < -0.39 is 6.10 Å². The van der Waals surface area contributed by atoms with E-state index in [2.05, 4.69) is 22.6 Å². The van der Waals surface area contributed by atoms with Crippen LogP contribution in [0.15, 0.2) is 18.2 Å². The van der Waals surface area contributed by atoms with E-state index in [0.29, 0.717) is 30.3 Å². The number of ether oxygens (including phenoxy) is 1. The third kappa shape index (κ3) is 2.94. The molecule has 1 saturated heterocycles. The smallest absolute Gasteiger partial charge is 0.255 e. The first-order chi connectivity index (χ1) is 8.61. The SMILES string of the molecule is N#CC1CN(C(=O)c2cc(Cl)ccc2I)CCO1. The zero-order valence-electron chi connectivity index (χ0n) is 9.40. The van der Waals surface area contributed by atoms with E-state index in [1.807, 2.05) is 6.07 Å². The fourth-order valence-corrected chi connectivity index (χ4v) is 2.48. The summed E-state index contributed by atoms with van der Waals surface area (Å²) in [6, 6.07) is 7.23. The molecule has 1 aromatic carbocycles. The lowest BCUT2D eigenvalue weighted by molar-refractivity contribution is 0.00342. The third-order valence-corrected chi connectivity index (χ3v) is 3.83. The molecule has 1 unspecified atom stereocenters. The minimum absolute atomic E-state index is 0.106. The molecule has 1 aliphatic rings. The monoisotopic (exact) mass is 376 g/mol. The molecule has 1 aliphatic heterocycles. The molecule has 1 aromatic rings. The first kappa shape index (κ1) is 13.6. The highest BCUT2D eigenvalue weighted by atomic mass is 127. The quantitative estimate of drug-likeness (QED) is 0.707. The second-order valence-corrected chi connectivity index (χ2v) is 5.46. The van der Waals surface area contributed by atoms with Crippen LogP contribution < -0.4 is 0 Å². The Morgan fingerprint density at radius 2 is 2.39 bits per heavy atom. The van der Waals surface area contributed by atoms with Crippen molar-refractivity contribution >= 4 is 40.1 Å². The van der Waals surface area contributed by atoms with Crippen molar-refractivity contribution in [2.75, 3.05) is 19.7 Å². The minimum atomic E-state index is -0.542. The van der Waals surface area contributed by atoms with Gasteiger partial charge in [0.1, 0.15) is 0 Å². The highest BCUT2D eigenvalue weighted by molar-refractivity contribution is 14.1. The summed E-state index contributed by atoms with van der Waals surface area (Å²) in [6.45, 7) is 1.19. The first-order valence-electron chi connectivity index (χ1n) is 5.37. The molecule has 0 N–H and O–H groups in total. The van der Waals surface area contributed by atoms with Crippen molar-refractivity contribution in [1.29, 1.82) is 5.26 Å². The van der Waals surface area contributed by atoms with Gasteiger partial charge in [-0.2, -0.15) is 5.26 Å². The van der Waals surface area contributed by atoms with Crippen molar-refractivity contribution in [1.82, 2.24) is 4.90 Å². The number of carbonyl (C=O) groups is 1. The van der Waals surface area contributed by atoms with Crippen molar-refractivity contribution < 1.29 is 9.53 Å². The number of nitriles is 1. The van der Waals surface area contributed by atoms with E-state index >= 15 is 0 Å². The van der Waals surface area contributed by atoms with E-state index in [1.165, 1.54) is 0 Å². The average Bonchev–Trinajstić information content (AvgIpc) is 2.41. The van der Waals surface area contributed by atoms with Gasteiger partial charge in [-0.1, -0.05) is 11.6 Å². The van der Waals surface area contributed by atoms with Crippen molar-refractivity contribution in [3.8, 4) is 6.07 Å². The number of benzene rings is 1. The average molecular weight is 377 g/mol. The van der Waals surface area contributed by atoms with Crippen LogP contribution in [0, 0.1) is 14.9 Å². The Balaban J connectivity index is 2.21. The van der Waals surface area contributed by atoms with Gasteiger partial charge in [0.05, 0.1) is 24.8 Å². The molecule has 1 heterocycles. The first-order valence-corrected chi connectivity index (χ1v) is 6.83. The number of rotatable bonds is 1. The maximum Gasteiger partial charge on any atom is 0.255 e. The lowest BCUT2D eigenvalue weighted by Crippen LogP contribution is -2.45. The van der Waals surface area contributed by atoms with E-state index in [1.54, 1.807) is 23.1 Å². The number of carbonyl (C=O) groups excluding carboxylic acids is 1. The summed E-state index contributed by atoms with van der Waals surface area (Å²) in [7, 11) is 0. The molecule has 1 amide bonds. The van der Waals surface area contributed by atoms with Crippen LogP contribution in [-0.4, -0.2) is 36.6 Å². The highest BCUT2D eigenvalue weighted by Gasteiger charge is 2.25. The predicted octanol–water partition coefficient (Wildman–Crippen LogP) is 2.31. The van der Waals surface area contributed by atoms with Gasteiger partial charge in [0, 0.05) is 15.1 Å². The summed E-state index contributed by atoms with van der Waals surface area (Å²) in [5.74, 6) is -0.106. The molecule has 0 bridgehead atoms. The summed E-state index contributed by atoms with van der Waals surface area (Å²) in [5, 5.41) is 9.36. The van der Waals surface area contributed by atoms with Crippen LogP contribution in [0.4, 0.5) is 0 Å². The van der Waals surface area contributed by atoms with Gasteiger partial charge in [-0.15, -0.1) is 0 Å². The Kier molecular flexibility index (Phi) is 4.43. The van der Waals surface area contributed by atoms with Gasteiger partial charge in [0.2, 0.25) is 0 Å². The van der Waals surface area contributed by atoms with E-state index in [4.69, 9.17) is 21.6 Å². The van der Waals surface area contributed by atoms with Crippen molar-refractivity contribution in [2.24, 2.45) is 0 Å². The molecule has 94 valence electrons. The Labute approximate surface area is 124 Å². The second kappa shape index (κ2) is 5.87. The fourth-order valence-electron chi connectivity index (χ4n) is 1.74. The fraction of sp³-hybridized carbons (Fsp3) is 0.333. The zero-order chi connectivity index (χ0) is 13.1. The summed E-state index contributed by atoms with van der Waals surface area (Å²) < 4.78 is 6.06. The van der Waals surface area contributed by atoms with Gasteiger partial charge < -0.3 is 9.64 Å². The molecule has 4 nitrogen and oxygen atoms in total. The largest absolute Gasteiger partial charge is 0.360 e. The van der Waals surface area contributed by atoms with Crippen LogP contribution in [0.2, 0.25) is 5.02 Å². The second-order valence-electron chi connectivity index (χ2n) is 3.86. The number of morpholine rings is 1. The number of hydrogen-bond acceptors (Lipinski definition) is 3. The third-order valence-electron chi connectivity index (χ3n) is 2.66. The number of hydrogen-bond donors (Lipinski definition) is 0. The Morgan fingerprint density at radius 3 is 3.11 bits per heavy atom. The highest BCUT2D eigenvalue weighted by Crippen LogP contribution is 2.20. The Morgan fingerprint density at radius 1 is 1.61 bits per heavy atom. The van der Waals surface area contributed by atoms with Crippen LogP contribution >= 0.6 is 34.2 Å². The van der Waals surface area contributed by atoms with E-state index in [-0.39, 0.29) is 5.91 Å². The van der Waals surface area contributed by atoms with Gasteiger partial charge in [-0.3, -0.25) is 4.79 Å². The molecule has 6 heteroatoms. The summed E-state index contributed by atoms with van der Waals surface area (Å²) in [5.41, 5.74) is 0.571. The molecule has 1 atom stereocenters. The molecule has 0 spiro atoms. The number of amides is 1. The number of nitrogens with zero attached hydrogens (tertiary/aromatic N) is 2. The molecule has 0 radical (unpaired) electrons. The molecule has 1 fully saturated rings. The van der Waals surface area contributed by atoms with E-state index in [9.17, 15) is 4.79 Å². The normalized spacial score (nSPS) is 19.4. The number of halogens is 2. The molecular formula is C12H10ClIN2O2. The van der Waals surface area contributed by atoms with Gasteiger partial charge >= 0.3 is 0 Å². The molecular weight excluding hydrogens is 367 g/mol. The van der Waals surface area contributed by atoms with Gasteiger partial charge in [-0.05, 0) is 40.8 Å². The molecule has 18 heavy (non-hydrogen) atoms. The summed E-state index contributed by atoms with van der Waals surface area (Å²) in [6.07, 6.45) is -0.542. The summed E-state index contributed by atoms with van der Waals surface area (Å²) >= 11 is 8.01. The predicted molar refractivity (Wildman–Crippen MR) is 75.4 cm³/mol.